The lowest BCUT2D eigenvalue weighted by Crippen LogP contribution is -2.35. The van der Waals surface area contributed by atoms with E-state index in [1.165, 1.54) is 0 Å². The highest BCUT2D eigenvalue weighted by Gasteiger charge is 2.21. The third-order valence-electron chi connectivity index (χ3n) is 4.81. The van der Waals surface area contributed by atoms with Gasteiger partial charge in [0.25, 0.3) is 5.91 Å². The van der Waals surface area contributed by atoms with Gasteiger partial charge < -0.3 is 24.4 Å². The molecular weight excluding hydrogens is 360 g/mol. The first kappa shape index (κ1) is 18.2. The van der Waals surface area contributed by atoms with E-state index < -0.39 is 6.10 Å². The van der Waals surface area contributed by atoms with Gasteiger partial charge in [0.05, 0.1) is 0 Å². The van der Waals surface area contributed by atoms with E-state index in [2.05, 4.69) is 5.32 Å². The molecule has 2 aromatic carbocycles. The molecule has 2 aliphatic rings. The SMILES string of the molecule is C[C@@H](Oc1ccc2c(c1)OCO2)C(=O)NCc1ccc(N2CCCC2=O)cc1. The molecule has 0 saturated carbocycles. The molecule has 4 rings (SSSR count). The minimum absolute atomic E-state index is 0.163. The average Bonchev–Trinajstić information content (AvgIpc) is 3.34. The van der Waals surface area contributed by atoms with Gasteiger partial charge in [-0.2, -0.15) is 0 Å². The smallest absolute Gasteiger partial charge is 0.261 e. The van der Waals surface area contributed by atoms with Gasteiger partial charge in [-0.15, -0.1) is 0 Å². The van der Waals surface area contributed by atoms with E-state index in [-0.39, 0.29) is 18.6 Å². The maximum Gasteiger partial charge on any atom is 0.261 e. The molecule has 0 bridgehead atoms. The van der Waals surface area contributed by atoms with E-state index in [0.717, 1.165) is 24.2 Å². The van der Waals surface area contributed by atoms with Crippen molar-refractivity contribution in [2.24, 2.45) is 0 Å². The molecule has 1 atom stereocenters. The maximum atomic E-state index is 12.3. The molecule has 0 aromatic heterocycles. The van der Waals surface area contributed by atoms with Gasteiger partial charge >= 0.3 is 0 Å². The summed E-state index contributed by atoms with van der Waals surface area (Å²) in [7, 11) is 0. The van der Waals surface area contributed by atoms with E-state index in [9.17, 15) is 9.59 Å². The van der Waals surface area contributed by atoms with Crippen molar-refractivity contribution in [3.63, 3.8) is 0 Å². The molecule has 0 unspecified atom stereocenters. The highest BCUT2D eigenvalue weighted by Crippen LogP contribution is 2.35. The number of carbonyl (C=O) groups excluding carboxylic acids is 2. The number of carbonyl (C=O) groups is 2. The summed E-state index contributed by atoms with van der Waals surface area (Å²) in [6, 6.07) is 12.9. The summed E-state index contributed by atoms with van der Waals surface area (Å²) in [5, 5.41) is 2.87. The Morgan fingerprint density at radius 3 is 2.71 bits per heavy atom. The van der Waals surface area contributed by atoms with E-state index >= 15 is 0 Å². The highest BCUT2D eigenvalue weighted by atomic mass is 16.7. The summed E-state index contributed by atoms with van der Waals surface area (Å²) >= 11 is 0. The summed E-state index contributed by atoms with van der Waals surface area (Å²) in [6.45, 7) is 3.05. The zero-order valence-corrected chi connectivity index (χ0v) is 15.6. The van der Waals surface area contributed by atoms with Gasteiger partial charge in [-0.1, -0.05) is 12.1 Å². The van der Waals surface area contributed by atoms with Crippen LogP contribution in [0.25, 0.3) is 0 Å². The van der Waals surface area contributed by atoms with Crippen LogP contribution in [-0.2, 0) is 16.1 Å². The predicted octanol–water partition coefficient (Wildman–Crippen LogP) is 2.63. The molecule has 0 aliphatic carbocycles. The van der Waals surface area contributed by atoms with Crippen LogP contribution < -0.4 is 24.4 Å². The van der Waals surface area contributed by atoms with Gasteiger partial charge in [-0.05, 0) is 43.2 Å². The van der Waals surface area contributed by atoms with Crippen LogP contribution >= 0.6 is 0 Å². The Labute approximate surface area is 163 Å². The van der Waals surface area contributed by atoms with Crippen LogP contribution in [0.1, 0.15) is 25.3 Å². The molecule has 1 saturated heterocycles. The quantitative estimate of drug-likeness (QED) is 0.831. The van der Waals surface area contributed by atoms with Gasteiger partial charge in [-0.25, -0.2) is 0 Å². The maximum absolute atomic E-state index is 12.3. The molecular formula is C21H22N2O5. The molecule has 1 N–H and O–H groups in total. The van der Waals surface area contributed by atoms with Crippen molar-refractivity contribution < 1.29 is 23.8 Å². The molecule has 0 radical (unpaired) electrons. The van der Waals surface area contributed by atoms with Crippen molar-refractivity contribution in [1.82, 2.24) is 5.32 Å². The number of hydrogen-bond acceptors (Lipinski definition) is 5. The van der Waals surface area contributed by atoms with Crippen molar-refractivity contribution in [3.05, 3.63) is 48.0 Å². The van der Waals surface area contributed by atoms with Crippen LogP contribution in [0.4, 0.5) is 5.69 Å². The summed E-state index contributed by atoms with van der Waals surface area (Å²) < 4.78 is 16.3. The van der Waals surface area contributed by atoms with Crippen LogP contribution in [0.3, 0.4) is 0 Å². The van der Waals surface area contributed by atoms with Gasteiger partial charge in [0, 0.05) is 31.3 Å². The standard InChI is InChI=1S/C21H22N2O5/c1-14(28-17-8-9-18-19(11-17)27-13-26-18)21(25)22-12-15-4-6-16(7-5-15)23-10-2-3-20(23)24/h4-9,11,14H,2-3,10,12-13H2,1H3,(H,22,25)/t14-/m1/s1. The lowest BCUT2D eigenvalue weighted by molar-refractivity contribution is -0.127. The normalized spacial score (nSPS) is 16.2. The van der Waals surface area contributed by atoms with Gasteiger partial charge in [0.15, 0.2) is 17.6 Å². The minimum atomic E-state index is -0.651. The molecule has 0 spiro atoms. The Morgan fingerprint density at radius 2 is 1.96 bits per heavy atom. The van der Waals surface area contributed by atoms with Gasteiger partial charge in [0.1, 0.15) is 5.75 Å². The largest absolute Gasteiger partial charge is 0.481 e. The second-order valence-electron chi connectivity index (χ2n) is 6.81. The molecule has 146 valence electrons. The number of rotatable bonds is 6. The summed E-state index contributed by atoms with van der Waals surface area (Å²) in [5.41, 5.74) is 1.86. The zero-order chi connectivity index (χ0) is 19.5. The number of hydrogen-bond donors (Lipinski definition) is 1. The molecule has 7 nitrogen and oxygen atoms in total. The summed E-state index contributed by atoms with van der Waals surface area (Å²) in [6.07, 6.45) is 0.860. The molecule has 1 fully saturated rings. The molecule has 7 heteroatoms. The predicted molar refractivity (Wildman–Crippen MR) is 103 cm³/mol. The Hall–Kier alpha value is -3.22. The zero-order valence-electron chi connectivity index (χ0n) is 15.6. The fourth-order valence-electron chi connectivity index (χ4n) is 3.26. The highest BCUT2D eigenvalue weighted by molar-refractivity contribution is 5.95. The van der Waals surface area contributed by atoms with Crippen molar-refractivity contribution in [2.75, 3.05) is 18.2 Å². The average molecular weight is 382 g/mol. The van der Waals surface area contributed by atoms with Gasteiger partial charge in [-0.3, -0.25) is 9.59 Å². The first-order valence-electron chi connectivity index (χ1n) is 9.33. The van der Waals surface area contributed by atoms with Crippen molar-refractivity contribution in [3.8, 4) is 17.2 Å². The van der Waals surface area contributed by atoms with Crippen LogP contribution in [0.2, 0.25) is 0 Å². The number of anilines is 1. The van der Waals surface area contributed by atoms with E-state index in [4.69, 9.17) is 14.2 Å². The van der Waals surface area contributed by atoms with Crippen molar-refractivity contribution in [1.29, 1.82) is 0 Å². The van der Waals surface area contributed by atoms with E-state index in [1.807, 2.05) is 24.3 Å². The number of fused-ring (bicyclic) bond motifs is 1. The summed E-state index contributed by atoms with van der Waals surface area (Å²) in [5.74, 6) is 1.78. The van der Waals surface area contributed by atoms with Crippen LogP contribution in [0, 0.1) is 0 Å². The molecule has 28 heavy (non-hydrogen) atoms. The Morgan fingerprint density at radius 1 is 1.18 bits per heavy atom. The first-order valence-corrected chi connectivity index (χ1v) is 9.33. The van der Waals surface area contributed by atoms with Crippen LogP contribution in [-0.4, -0.2) is 31.3 Å². The number of nitrogens with zero attached hydrogens (tertiary/aromatic N) is 1. The Kier molecular flexibility index (Phi) is 5.06. The third-order valence-corrected chi connectivity index (χ3v) is 4.81. The molecule has 2 heterocycles. The fourth-order valence-corrected chi connectivity index (χ4v) is 3.26. The number of amides is 2. The second kappa shape index (κ2) is 7.80. The fraction of sp³-hybridized carbons (Fsp3) is 0.333. The van der Waals surface area contributed by atoms with Crippen LogP contribution in [0.15, 0.2) is 42.5 Å². The van der Waals surface area contributed by atoms with E-state index in [0.29, 0.717) is 30.2 Å². The Bertz CT molecular complexity index is 881. The molecule has 2 aliphatic heterocycles. The topological polar surface area (TPSA) is 77.1 Å². The Balaban J connectivity index is 1.29. The summed E-state index contributed by atoms with van der Waals surface area (Å²) in [4.78, 5) is 25.9. The van der Waals surface area contributed by atoms with Crippen LogP contribution in [0.5, 0.6) is 17.2 Å². The van der Waals surface area contributed by atoms with Gasteiger partial charge in [0.2, 0.25) is 12.7 Å². The molecule has 2 amide bonds. The number of ether oxygens (including phenoxy) is 3. The van der Waals surface area contributed by atoms with Crippen molar-refractivity contribution >= 4 is 17.5 Å². The number of nitrogens with one attached hydrogen (secondary N) is 1. The lowest BCUT2D eigenvalue weighted by Gasteiger charge is -2.17. The molecule has 2 aromatic rings. The first-order chi connectivity index (χ1) is 13.6. The third kappa shape index (κ3) is 3.88. The lowest BCUT2D eigenvalue weighted by atomic mass is 10.2. The van der Waals surface area contributed by atoms with Crippen molar-refractivity contribution in [2.45, 2.75) is 32.4 Å². The van der Waals surface area contributed by atoms with E-state index in [1.54, 1.807) is 30.0 Å². The number of benzene rings is 2. The monoisotopic (exact) mass is 382 g/mol. The minimum Gasteiger partial charge on any atom is -0.481 e. The second-order valence-corrected chi connectivity index (χ2v) is 6.81.